The van der Waals surface area contributed by atoms with E-state index in [2.05, 4.69) is 53.0 Å². The summed E-state index contributed by atoms with van der Waals surface area (Å²) in [5.74, 6) is -0.320. The number of fused-ring (bicyclic) bond motifs is 1. The number of nitrogens with zero attached hydrogens (tertiary/aromatic N) is 5. The smallest absolute Gasteiger partial charge is 0.302 e. The third kappa shape index (κ3) is 10.0. The fraction of sp³-hybridized carbons (Fsp3) is 0.486. The second-order valence-corrected chi connectivity index (χ2v) is 14.0. The average molecular weight is 674 g/mol. The lowest BCUT2D eigenvalue weighted by Crippen LogP contribution is -2.39. The molecule has 1 unspecified atom stereocenters. The van der Waals surface area contributed by atoms with Crippen molar-refractivity contribution in [3.63, 3.8) is 0 Å². The Morgan fingerprint density at radius 2 is 1.96 bits per heavy atom. The summed E-state index contributed by atoms with van der Waals surface area (Å²) in [6.45, 7) is 16.0. The molecule has 10 nitrogen and oxygen atoms in total. The molecule has 3 aromatic heterocycles. The highest BCUT2D eigenvalue weighted by molar-refractivity contribution is 7.10. The van der Waals surface area contributed by atoms with Crippen LogP contribution < -0.4 is 11.2 Å². The van der Waals surface area contributed by atoms with Crippen molar-refractivity contribution in [2.75, 3.05) is 26.7 Å². The first-order chi connectivity index (χ1) is 22.8. The van der Waals surface area contributed by atoms with Gasteiger partial charge in [-0.25, -0.2) is 9.99 Å². The van der Waals surface area contributed by atoms with Crippen molar-refractivity contribution in [3.05, 3.63) is 58.7 Å². The van der Waals surface area contributed by atoms with Crippen molar-refractivity contribution in [3.8, 4) is 28.6 Å². The van der Waals surface area contributed by atoms with E-state index in [1.165, 1.54) is 37.6 Å². The first-order valence-corrected chi connectivity index (χ1v) is 17.5. The van der Waals surface area contributed by atoms with Crippen molar-refractivity contribution in [1.82, 2.24) is 25.0 Å². The van der Waals surface area contributed by atoms with Crippen molar-refractivity contribution in [2.24, 2.45) is 11.1 Å². The summed E-state index contributed by atoms with van der Waals surface area (Å²) in [5, 5.41) is 16.1. The molecule has 0 bridgehead atoms. The zero-order chi connectivity index (χ0) is 35.5. The molecule has 1 atom stereocenters. The molecule has 4 aromatic rings. The van der Waals surface area contributed by atoms with Crippen LogP contribution in [0.1, 0.15) is 71.9 Å². The molecule has 1 saturated heterocycles. The van der Waals surface area contributed by atoms with E-state index in [9.17, 15) is 14.9 Å². The molecule has 4 heterocycles. The fourth-order valence-electron chi connectivity index (χ4n) is 5.57. The Morgan fingerprint density at radius 3 is 2.52 bits per heavy atom. The Hall–Kier alpha value is -3.95. The van der Waals surface area contributed by atoms with E-state index in [-0.39, 0.29) is 18.0 Å². The first kappa shape index (κ1) is 38.5. The summed E-state index contributed by atoms with van der Waals surface area (Å²) in [4.78, 5) is 31.7. The van der Waals surface area contributed by atoms with Crippen molar-refractivity contribution < 1.29 is 14.3 Å². The van der Waals surface area contributed by atoms with E-state index in [0.29, 0.717) is 12.8 Å². The second-order valence-electron chi connectivity index (χ2n) is 13.1. The van der Waals surface area contributed by atoms with E-state index in [1.54, 1.807) is 6.20 Å². The number of carbonyl (C=O) groups is 2. The molecule has 0 saturated carbocycles. The number of esters is 1. The van der Waals surface area contributed by atoms with Gasteiger partial charge in [-0.15, -0.1) is 11.3 Å². The minimum absolute atomic E-state index is 0.259. The predicted octanol–water partition coefficient (Wildman–Crippen LogP) is 6.53. The summed E-state index contributed by atoms with van der Waals surface area (Å²) in [5.41, 5.74) is 13.3. The Bertz CT molecular complexity index is 1680. The van der Waals surface area contributed by atoms with Crippen LogP contribution in [0.3, 0.4) is 0 Å². The van der Waals surface area contributed by atoms with E-state index in [1.807, 2.05) is 63.5 Å². The molecule has 1 aliphatic rings. The molecule has 11 heteroatoms. The first-order valence-electron chi connectivity index (χ1n) is 16.6. The number of aromatic nitrogens is 3. The van der Waals surface area contributed by atoms with Crippen LogP contribution in [-0.4, -0.2) is 64.6 Å². The number of hydrazine groups is 1. The lowest BCUT2D eigenvalue weighted by atomic mass is 9.84. The summed E-state index contributed by atoms with van der Waals surface area (Å²) >= 11 is 1.48. The number of hydrogen-bond acceptors (Lipinski definition) is 10. The highest BCUT2D eigenvalue weighted by atomic mass is 32.1. The molecule has 5 rings (SSSR count). The van der Waals surface area contributed by atoms with Gasteiger partial charge in [0.15, 0.2) is 0 Å². The maximum absolute atomic E-state index is 11.6. The lowest BCUT2D eigenvalue weighted by molar-refractivity contribution is -0.143. The molecular formula is C37H51N7O3S. The van der Waals surface area contributed by atoms with Gasteiger partial charge in [0.05, 0.1) is 40.6 Å². The Morgan fingerprint density at radius 1 is 1.21 bits per heavy atom. The monoisotopic (exact) mass is 673 g/mol. The third-order valence-electron chi connectivity index (χ3n) is 7.90. The maximum atomic E-state index is 11.6. The molecule has 0 aliphatic carbocycles. The molecule has 48 heavy (non-hydrogen) atoms. The quantitative estimate of drug-likeness (QED) is 0.142. The van der Waals surface area contributed by atoms with Gasteiger partial charge in [0.25, 0.3) is 0 Å². The van der Waals surface area contributed by atoms with Crippen LogP contribution in [0.25, 0.3) is 33.4 Å². The van der Waals surface area contributed by atoms with Crippen LogP contribution in [0.5, 0.6) is 0 Å². The number of benzene rings is 1. The van der Waals surface area contributed by atoms with Gasteiger partial charge in [0.2, 0.25) is 0 Å². The largest absolute Gasteiger partial charge is 0.465 e. The van der Waals surface area contributed by atoms with E-state index >= 15 is 0 Å². The number of hydrogen-bond donors (Lipinski definition) is 2. The van der Waals surface area contributed by atoms with Crippen molar-refractivity contribution in [1.29, 1.82) is 5.26 Å². The zero-order valence-corrected chi connectivity index (χ0v) is 30.5. The number of rotatable bonds is 10. The van der Waals surface area contributed by atoms with Crippen LogP contribution in [-0.2, 0) is 32.7 Å². The zero-order valence-electron chi connectivity index (χ0n) is 29.7. The molecule has 0 radical (unpaired) electrons. The van der Waals surface area contributed by atoms with Crippen LogP contribution in [0, 0.1) is 16.7 Å². The number of nitrogens with two attached hydrogens (primary N) is 1. The van der Waals surface area contributed by atoms with Crippen LogP contribution in [0.15, 0.2) is 48.1 Å². The van der Waals surface area contributed by atoms with Gasteiger partial charge in [-0.2, -0.15) is 5.26 Å². The molecule has 0 spiro atoms. The predicted molar refractivity (Wildman–Crippen MR) is 194 cm³/mol. The number of pyridine rings is 1. The SMILES string of the molecule is CC.CC(=O)OCC(C)(C)Cc1c(-c2cccnc2)n(C(C)(C)C#N)c2ccc(-c3csc(CC(N)C=O)n3)cc12.CN1CCCCN1. The normalized spacial score (nSPS) is 14.2. The van der Waals surface area contributed by atoms with Crippen LogP contribution in [0.4, 0.5) is 0 Å². The number of carbonyl (C=O) groups excluding carboxylic acids is 2. The number of nitrogens with one attached hydrogen (secondary N) is 1. The van der Waals surface area contributed by atoms with Crippen LogP contribution in [0.2, 0.25) is 0 Å². The lowest BCUT2D eigenvalue weighted by Gasteiger charge is -2.26. The maximum Gasteiger partial charge on any atom is 0.302 e. The average Bonchev–Trinajstić information content (AvgIpc) is 3.68. The summed E-state index contributed by atoms with van der Waals surface area (Å²) in [6.07, 6.45) is 7.94. The molecular weight excluding hydrogens is 623 g/mol. The van der Waals surface area contributed by atoms with Gasteiger partial charge >= 0.3 is 5.97 Å². The van der Waals surface area contributed by atoms with Gasteiger partial charge in [0, 0.05) is 73.2 Å². The topological polar surface area (TPSA) is 139 Å². The third-order valence-corrected chi connectivity index (χ3v) is 8.77. The summed E-state index contributed by atoms with van der Waals surface area (Å²) in [6, 6.07) is 11.9. The van der Waals surface area contributed by atoms with Crippen molar-refractivity contribution in [2.45, 2.75) is 85.7 Å². The molecule has 1 aromatic carbocycles. The van der Waals surface area contributed by atoms with Crippen molar-refractivity contribution >= 4 is 34.5 Å². The number of thiazole rings is 1. The highest BCUT2D eigenvalue weighted by Gasteiger charge is 2.32. The standard InChI is InChI=1S/C30H33N5O3S.C5H12N2.C2H6/c1-19(37)38-18-29(2,3)13-24-23-11-20(25-16-39-27(34-25)12-22(32)15-36)8-9-26(23)35(30(4,5)17-31)28(24)21-7-6-10-33-14-21;1-7-5-3-2-4-6-7;1-2/h6-11,14-16,22H,12-13,18,32H2,1-5H3;6H,2-5H2,1H3;1-2H3. The van der Waals surface area contributed by atoms with Gasteiger partial charge in [-0.3, -0.25) is 15.2 Å². The second kappa shape index (κ2) is 17.4. The van der Waals surface area contributed by atoms with E-state index in [4.69, 9.17) is 15.5 Å². The Labute approximate surface area is 289 Å². The Kier molecular flexibility index (Phi) is 14.0. The van der Waals surface area contributed by atoms with E-state index in [0.717, 1.165) is 56.8 Å². The minimum Gasteiger partial charge on any atom is -0.465 e. The summed E-state index contributed by atoms with van der Waals surface area (Å²) < 4.78 is 7.49. The van der Waals surface area contributed by atoms with Gasteiger partial charge in [0.1, 0.15) is 11.8 Å². The Balaban J connectivity index is 0.000000607. The number of nitriles is 1. The van der Waals surface area contributed by atoms with Gasteiger partial charge in [-0.1, -0.05) is 33.8 Å². The molecule has 3 N–H and O–H groups in total. The number of aldehydes is 1. The minimum atomic E-state index is -0.859. The fourth-order valence-corrected chi connectivity index (χ4v) is 6.44. The molecule has 0 amide bonds. The van der Waals surface area contributed by atoms with Gasteiger partial charge < -0.3 is 19.8 Å². The molecule has 258 valence electrons. The molecule has 1 fully saturated rings. The molecule has 1 aliphatic heterocycles. The number of ether oxygens (including phenoxy) is 1. The summed E-state index contributed by atoms with van der Waals surface area (Å²) in [7, 11) is 2.08. The highest BCUT2D eigenvalue weighted by Crippen LogP contribution is 2.42. The van der Waals surface area contributed by atoms with Gasteiger partial charge in [-0.05, 0) is 62.9 Å². The van der Waals surface area contributed by atoms with E-state index < -0.39 is 11.6 Å². The van der Waals surface area contributed by atoms with Crippen LogP contribution >= 0.6 is 11.3 Å².